The molecular formula is C17H20N4O5S. The molecule has 2 aliphatic rings. The molecule has 2 aromatic rings. The Morgan fingerprint density at radius 2 is 2.22 bits per heavy atom. The average Bonchev–Trinajstić information content (AvgIpc) is 3.17. The monoisotopic (exact) mass is 392 g/mol. The van der Waals surface area contributed by atoms with Gasteiger partial charge in [0.15, 0.2) is 6.61 Å². The third-order valence-electron chi connectivity index (χ3n) is 4.60. The van der Waals surface area contributed by atoms with Gasteiger partial charge in [-0.15, -0.1) is 0 Å². The van der Waals surface area contributed by atoms with E-state index < -0.39 is 10.0 Å². The van der Waals surface area contributed by atoms with Crippen LogP contribution in [0.4, 0.5) is 5.69 Å². The molecule has 0 bridgehead atoms. The number of rotatable bonds is 4. The molecule has 9 nitrogen and oxygen atoms in total. The van der Waals surface area contributed by atoms with Crippen LogP contribution >= 0.6 is 0 Å². The largest absolute Gasteiger partial charge is 0.482 e. The number of hydrogen-bond donors (Lipinski definition) is 1. The van der Waals surface area contributed by atoms with Gasteiger partial charge in [-0.05, 0) is 25.1 Å². The summed E-state index contributed by atoms with van der Waals surface area (Å²) in [5.41, 5.74) is 1.21. The summed E-state index contributed by atoms with van der Waals surface area (Å²) in [4.78, 5) is 11.6. The molecule has 0 aliphatic carbocycles. The number of aromatic nitrogens is 2. The fourth-order valence-corrected chi connectivity index (χ4v) is 4.59. The molecule has 1 fully saturated rings. The number of sulfonamides is 1. The highest BCUT2D eigenvalue weighted by molar-refractivity contribution is 7.89. The van der Waals surface area contributed by atoms with Crippen molar-refractivity contribution in [1.82, 2.24) is 14.1 Å². The van der Waals surface area contributed by atoms with Gasteiger partial charge in [-0.2, -0.15) is 9.40 Å². The number of fused-ring (bicyclic) bond motifs is 1. The van der Waals surface area contributed by atoms with Gasteiger partial charge in [-0.25, -0.2) is 8.42 Å². The number of morpholine rings is 1. The Kier molecular flexibility index (Phi) is 4.62. The van der Waals surface area contributed by atoms with Crippen LogP contribution in [-0.4, -0.2) is 54.7 Å². The van der Waals surface area contributed by atoms with Crippen molar-refractivity contribution in [1.29, 1.82) is 0 Å². The topological polar surface area (TPSA) is 103 Å². The van der Waals surface area contributed by atoms with Crippen LogP contribution in [-0.2, 0) is 26.1 Å². The fraction of sp³-hybridized carbons (Fsp3) is 0.412. The van der Waals surface area contributed by atoms with Crippen LogP contribution in [0, 0.1) is 0 Å². The van der Waals surface area contributed by atoms with Crippen molar-refractivity contribution in [2.75, 3.05) is 31.6 Å². The Hall–Kier alpha value is -2.43. The van der Waals surface area contributed by atoms with Crippen molar-refractivity contribution >= 4 is 21.6 Å². The van der Waals surface area contributed by atoms with E-state index in [0.717, 1.165) is 12.1 Å². The van der Waals surface area contributed by atoms with Crippen LogP contribution in [0.25, 0.3) is 0 Å². The Morgan fingerprint density at radius 1 is 1.37 bits per heavy atom. The van der Waals surface area contributed by atoms with Crippen molar-refractivity contribution in [2.45, 2.75) is 24.5 Å². The normalized spacial score (nSPS) is 20.6. The number of carbonyl (C=O) groups excluding carboxylic acids is 1. The molecule has 3 heterocycles. The first-order valence-corrected chi connectivity index (χ1v) is 10.1. The van der Waals surface area contributed by atoms with E-state index in [2.05, 4.69) is 10.4 Å². The molecule has 4 rings (SSSR count). The van der Waals surface area contributed by atoms with Gasteiger partial charge in [0, 0.05) is 31.4 Å². The standard InChI is InChI=1S/C17H20N4O5S/c1-2-20-9-12(8-18-20)16-10-21(5-6-25-16)27(23,24)13-3-4-15-14(7-13)19-17(22)11-26-15/h3-4,7-9,16H,2,5-6,10-11H2,1H3,(H,19,22)/t16-/m1/s1. The Bertz CT molecular complexity index is 971. The van der Waals surface area contributed by atoms with Gasteiger partial charge in [0.2, 0.25) is 10.0 Å². The van der Waals surface area contributed by atoms with E-state index in [1.807, 2.05) is 13.1 Å². The predicted octanol–water partition coefficient (Wildman–Crippen LogP) is 0.996. The lowest BCUT2D eigenvalue weighted by molar-refractivity contribution is -0.118. The molecule has 1 aromatic carbocycles. The lowest BCUT2D eigenvalue weighted by Crippen LogP contribution is -2.42. The SMILES string of the molecule is CCn1cc([C@H]2CN(S(=O)(=O)c3ccc4c(c3)NC(=O)CO4)CCO2)cn1. The molecule has 1 atom stereocenters. The zero-order valence-electron chi connectivity index (χ0n) is 14.8. The van der Waals surface area contributed by atoms with Crippen LogP contribution in [0.2, 0.25) is 0 Å². The van der Waals surface area contributed by atoms with E-state index in [1.165, 1.54) is 16.4 Å². The van der Waals surface area contributed by atoms with Crippen LogP contribution in [0.3, 0.4) is 0 Å². The maximum absolute atomic E-state index is 13.1. The minimum atomic E-state index is -3.73. The van der Waals surface area contributed by atoms with E-state index >= 15 is 0 Å². The van der Waals surface area contributed by atoms with Crippen LogP contribution in [0.5, 0.6) is 5.75 Å². The van der Waals surface area contributed by atoms with Crippen molar-refractivity contribution in [2.24, 2.45) is 0 Å². The predicted molar refractivity (Wildman–Crippen MR) is 95.9 cm³/mol. The third kappa shape index (κ3) is 3.43. The second-order valence-electron chi connectivity index (χ2n) is 6.35. The third-order valence-corrected chi connectivity index (χ3v) is 6.46. The van der Waals surface area contributed by atoms with E-state index in [1.54, 1.807) is 16.9 Å². The van der Waals surface area contributed by atoms with Gasteiger partial charge >= 0.3 is 0 Å². The second-order valence-corrected chi connectivity index (χ2v) is 8.28. The Labute approximate surface area is 156 Å². The summed E-state index contributed by atoms with van der Waals surface area (Å²) in [7, 11) is -3.73. The summed E-state index contributed by atoms with van der Waals surface area (Å²) in [6.07, 6.45) is 3.21. The number of nitrogens with one attached hydrogen (secondary N) is 1. The zero-order valence-corrected chi connectivity index (χ0v) is 15.6. The molecular weight excluding hydrogens is 372 g/mol. The highest BCUT2D eigenvalue weighted by atomic mass is 32.2. The van der Waals surface area contributed by atoms with Crippen LogP contribution in [0.15, 0.2) is 35.5 Å². The zero-order chi connectivity index (χ0) is 19.0. The van der Waals surface area contributed by atoms with Crippen molar-refractivity contribution in [3.8, 4) is 5.75 Å². The molecule has 0 saturated carbocycles. The van der Waals surface area contributed by atoms with Crippen LogP contribution in [0.1, 0.15) is 18.6 Å². The lowest BCUT2D eigenvalue weighted by Gasteiger charge is -2.32. The minimum Gasteiger partial charge on any atom is -0.482 e. The fourth-order valence-electron chi connectivity index (χ4n) is 3.14. The quantitative estimate of drug-likeness (QED) is 0.833. The maximum Gasteiger partial charge on any atom is 0.262 e. The summed E-state index contributed by atoms with van der Waals surface area (Å²) in [6, 6.07) is 4.48. The lowest BCUT2D eigenvalue weighted by atomic mass is 10.2. The first-order chi connectivity index (χ1) is 13.0. The molecule has 144 valence electrons. The number of aryl methyl sites for hydroxylation is 1. The molecule has 1 amide bonds. The highest BCUT2D eigenvalue weighted by Crippen LogP contribution is 2.32. The molecule has 1 aromatic heterocycles. The number of nitrogens with zero attached hydrogens (tertiary/aromatic N) is 3. The Balaban J connectivity index is 1.58. The van der Waals surface area contributed by atoms with E-state index in [9.17, 15) is 13.2 Å². The van der Waals surface area contributed by atoms with Gasteiger partial charge in [-0.1, -0.05) is 0 Å². The average molecular weight is 392 g/mol. The minimum absolute atomic E-state index is 0.0737. The van der Waals surface area contributed by atoms with E-state index in [0.29, 0.717) is 18.0 Å². The summed E-state index contributed by atoms with van der Waals surface area (Å²) in [6.45, 7) is 3.41. The smallest absolute Gasteiger partial charge is 0.262 e. The Morgan fingerprint density at radius 3 is 3.00 bits per heavy atom. The number of amides is 1. The summed E-state index contributed by atoms with van der Waals surface area (Å²) < 4.78 is 40.4. The molecule has 0 spiro atoms. The number of benzene rings is 1. The molecule has 10 heteroatoms. The van der Waals surface area contributed by atoms with Gasteiger partial charge in [0.1, 0.15) is 5.75 Å². The van der Waals surface area contributed by atoms with Gasteiger partial charge in [-0.3, -0.25) is 9.48 Å². The molecule has 1 N–H and O–H groups in total. The van der Waals surface area contributed by atoms with Gasteiger partial charge in [0.25, 0.3) is 5.91 Å². The summed E-state index contributed by atoms with van der Waals surface area (Å²) in [5, 5.41) is 6.86. The molecule has 27 heavy (non-hydrogen) atoms. The first-order valence-electron chi connectivity index (χ1n) is 8.68. The molecule has 0 unspecified atom stereocenters. The van der Waals surface area contributed by atoms with E-state index in [4.69, 9.17) is 9.47 Å². The number of carbonyl (C=O) groups is 1. The summed E-state index contributed by atoms with van der Waals surface area (Å²) in [5.74, 6) is 0.150. The molecule has 2 aliphatic heterocycles. The summed E-state index contributed by atoms with van der Waals surface area (Å²) >= 11 is 0. The van der Waals surface area contributed by atoms with Crippen molar-refractivity contribution in [3.63, 3.8) is 0 Å². The van der Waals surface area contributed by atoms with Crippen molar-refractivity contribution in [3.05, 3.63) is 36.2 Å². The van der Waals surface area contributed by atoms with Crippen molar-refractivity contribution < 1.29 is 22.7 Å². The maximum atomic E-state index is 13.1. The molecule has 1 saturated heterocycles. The number of ether oxygens (including phenoxy) is 2. The number of anilines is 1. The van der Waals surface area contributed by atoms with E-state index in [-0.39, 0.29) is 36.6 Å². The van der Waals surface area contributed by atoms with Crippen LogP contribution < -0.4 is 10.1 Å². The number of hydrogen-bond acceptors (Lipinski definition) is 6. The second kappa shape index (κ2) is 6.95. The highest BCUT2D eigenvalue weighted by Gasteiger charge is 2.33. The molecule has 0 radical (unpaired) electrons. The van der Waals surface area contributed by atoms with Gasteiger partial charge in [0.05, 0.1) is 29.5 Å². The first kappa shape index (κ1) is 18.0. The van der Waals surface area contributed by atoms with Gasteiger partial charge < -0.3 is 14.8 Å².